The van der Waals surface area contributed by atoms with E-state index in [0.717, 1.165) is 5.56 Å². The Morgan fingerprint density at radius 2 is 2.05 bits per heavy atom. The maximum atomic E-state index is 12.0. The van der Waals surface area contributed by atoms with Gasteiger partial charge in [-0.05, 0) is 18.1 Å². The van der Waals surface area contributed by atoms with Crippen molar-refractivity contribution in [3.8, 4) is 5.88 Å². The molecule has 1 aromatic carbocycles. The molecule has 0 radical (unpaired) electrons. The number of nitrogens with zero attached hydrogens (tertiary/aromatic N) is 1. The molecule has 2 rings (SSSR count). The molecule has 0 saturated heterocycles. The van der Waals surface area contributed by atoms with Crippen LogP contribution in [0.1, 0.15) is 5.56 Å². The molecular weight excluding hydrogens is 272 g/mol. The molecule has 2 aromatic rings. The Kier molecular flexibility index (Phi) is 5.01. The lowest BCUT2D eigenvalue weighted by Gasteiger charge is -2.11. The van der Waals surface area contributed by atoms with Crippen molar-refractivity contribution in [3.63, 3.8) is 0 Å². The molecule has 1 aromatic heterocycles. The molecule has 0 bridgehead atoms. The normalized spacial score (nSPS) is 11.7. The number of amides is 1. The van der Waals surface area contributed by atoms with Gasteiger partial charge in [-0.25, -0.2) is 4.98 Å². The van der Waals surface area contributed by atoms with Gasteiger partial charge in [0.1, 0.15) is 0 Å². The van der Waals surface area contributed by atoms with Gasteiger partial charge in [-0.2, -0.15) is 12.6 Å². The van der Waals surface area contributed by atoms with Crippen molar-refractivity contribution in [2.24, 2.45) is 0 Å². The zero-order chi connectivity index (χ0) is 14.4. The molecule has 1 unspecified atom stereocenters. The number of thiol groups is 1. The summed E-state index contributed by atoms with van der Waals surface area (Å²) in [5.41, 5.74) is 1.71. The van der Waals surface area contributed by atoms with Crippen LogP contribution in [0.3, 0.4) is 0 Å². The van der Waals surface area contributed by atoms with Crippen LogP contribution in [0.2, 0.25) is 0 Å². The Balaban J connectivity index is 1.93. The fourth-order valence-corrected chi connectivity index (χ4v) is 2.01. The highest BCUT2D eigenvalue weighted by Crippen LogP contribution is 2.14. The average Bonchev–Trinajstić information content (AvgIpc) is 2.49. The van der Waals surface area contributed by atoms with Crippen LogP contribution in [0.15, 0.2) is 48.7 Å². The van der Waals surface area contributed by atoms with Gasteiger partial charge in [-0.3, -0.25) is 4.79 Å². The van der Waals surface area contributed by atoms with Crippen molar-refractivity contribution >= 4 is 24.2 Å². The summed E-state index contributed by atoms with van der Waals surface area (Å²) >= 11 is 4.35. The van der Waals surface area contributed by atoms with Gasteiger partial charge in [0.15, 0.2) is 0 Å². The largest absolute Gasteiger partial charge is 0.481 e. The second kappa shape index (κ2) is 6.96. The highest BCUT2D eigenvalue weighted by molar-refractivity contribution is 7.81. The number of anilines is 1. The summed E-state index contributed by atoms with van der Waals surface area (Å²) in [4.78, 5) is 16.1. The number of ether oxygens (including phenoxy) is 1. The number of rotatable bonds is 5. The van der Waals surface area contributed by atoms with Gasteiger partial charge >= 0.3 is 0 Å². The third-order valence-electron chi connectivity index (χ3n) is 2.79. The summed E-state index contributed by atoms with van der Waals surface area (Å²) in [5.74, 6) is 0.360. The first-order valence-electron chi connectivity index (χ1n) is 6.22. The first-order valence-corrected chi connectivity index (χ1v) is 6.73. The minimum atomic E-state index is -0.403. The minimum absolute atomic E-state index is 0.149. The van der Waals surface area contributed by atoms with Gasteiger partial charge < -0.3 is 10.1 Å². The topological polar surface area (TPSA) is 51.2 Å². The zero-order valence-electron chi connectivity index (χ0n) is 11.1. The highest BCUT2D eigenvalue weighted by Gasteiger charge is 2.14. The van der Waals surface area contributed by atoms with E-state index in [9.17, 15) is 4.79 Å². The SMILES string of the molecule is COc1ccc(NC(=O)C(S)Cc2ccccc2)cn1. The predicted octanol–water partition coefficient (Wildman–Crippen LogP) is 2.57. The second-order valence-corrected chi connectivity index (χ2v) is 4.91. The molecule has 1 atom stereocenters. The fourth-order valence-electron chi connectivity index (χ4n) is 1.73. The number of carbonyl (C=O) groups excluding carboxylic acids is 1. The average molecular weight is 288 g/mol. The van der Waals surface area contributed by atoms with Crippen molar-refractivity contribution in [3.05, 3.63) is 54.2 Å². The number of pyridine rings is 1. The molecule has 0 aliphatic rings. The Labute approximate surface area is 123 Å². The van der Waals surface area contributed by atoms with Gasteiger partial charge in [0.2, 0.25) is 11.8 Å². The van der Waals surface area contributed by atoms with Crippen LogP contribution in [-0.4, -0.2) is 23.3 Å². The van der Waals surface area contributed by atoms with Crippen molar-refractivity contribution < 1.29 is 9.53 Å². The summed E-state index contributed by atoms with van der Waals surface area (Å²) in [6, 6.07) is 13.2. The number of benzene rings is 1. The summed E-state index contributed by atoms with van der Waals surface area (Å²) in [6.07, 6.45) is 2.14. The van der Waals surface area contributed by atoms with Crippen LogP contribution in [-0.2, 0) is 11.2 Å². The van der Waals surface area contributed by atoms with E-state index in [2.05, 4.69) is 22.9 Å². The molecule has 1 amide bonds. The van der Waals surface area contributed by atoms with Crippen LogP contribution < -0.4 is 10.1 Å². The number of nitrogens with one attached hydrogen (secondary N) is 1. The summed E-state index contributed by atoms with van der Waals surface area (Å²) < 4.78 is 4.96. The quantitative estimate of drug-likeness (QED) is 0.831. The van der Waals surface area contributed by atoms with E-state index in [1.54, 1.807) is 25.4 Å². The van der Waals surface area contributed by atoms with Gasteiger partial charge in [0, 0.05) is 6.07 Å². The van der Waals surface area contributed by atoms with E-state index in [0.29, 0.717) is 18.0 Å². The molecule has 0 spiro atoms. The van der Waals surface area contributed by atoms with E-state index in [4.69, 9.17) is 4.74 Å². The Hall–Kier alpha value is -2.01. The first-order chi connectivity index (χ1) is 9.69. The van der Waals surface area contributed by atoms with Crippen LogP contribution in [0, 0.1) is 0 Å². The molecule has 0 aliphatic heterocycles. The predicted molar refractivity (Wildman–Crippen MR) is 82.3 cm³/mol. The Bertz CT molecular complexity index is 558. The van der Waals surface area contributed by atoms with Gasteiger partial charge in [0.05, 0.1) is 24.2 Å². The number of carbonyl (C=O) groups is 1. The lowest BCUT2D eigenvalue weighted by atomic mass is 10.1. The van der Waals surface area contributed by atoms with Crippen LogP contribution in [0.25, 0.3) is 0 Å². The molecule has 0 aliphatic carbocycles. The fraction of sp³-hybridized carbons (Fsp3) is 0.200. The summed E-state index contributed by atoms with van der Waals surface area (Å²) in [6.45, 7) is 0. The van der Waals surface area contributed by atoms with E-state index in [1.807, 2.05) is 30.3 Å². The van der Waals surface area contributed by atoms with E-state index < -0.39 is 5.25 Å². The molecule has 20 heavy (non-hydrogen) atoms. The third-order valence-corrected chi connectivity index (χ3v) is 3.20. The molecular formula is C15H16N2O2S. The standard InChI is InChI=1S/C15H16N2O2S/c1-19-14-8-7-12(10-16-14)17-15(18)13(20)9-11-5-3-2-4-6-11/h2-8,10,13,20H,9H2,1H3,(H,17,18). The first kappa shape index (κ1) is 14.4. The van der Waals surface area contributed by atoms with E-state index in [1.165, 1.54) is 0 Å². The molecule has 1 heterocycles. The molecule has 104 valence electrons. The summed E-state index contributed by atoms with van der Waals surface area (Å²) in [7, 11) is 1.55. The van der Waals surface area contributed by atoms with E-state index >= 15 is 0 Å². The maximum Gasteiger partial charge on any atom is 0.237 e. The number of methoxy groups -OCH3 is 1. The van der Waals surface area contributed by atoms with Crippen molar-refractivity contribution in [2.45, 2.75) is 11.7 Å². The molecule has 0 fully saturated rings. The monoisotopic (exact) mass is 288 g/mol. The smallest absolute Gasteiger partial charge is 0.237 e. The van der Waals surface area contributed by atoms with E-state index in [-0.39, 0.29) is 5.91 Å². The van der Waals surface area contributed by atoms with Crippen LogP contribution in [0.5, 0.6) is 5.88 Å². The number of hydrogen-bond donors (Lipinski definition) is 2. The maximum absolute atomic E-state index is 12.0. The highest BCUT2D eigenvalue weighted by atomic mass is 32.1. The Morgan fingerprint density at radius 3 is 2.65 bits per heavy atom. The molecule has 4 nitrogen and oxygen atoms in total. The van der Waals surface area contributed by atoms with Gasteiger partial charge in [0.25, 0.3) is 0 Å². The zero-order valence-corrected chi connectivity index (χ0v) is 12.0. The number of aromatic nitrogens is 1. The summed E-state index contributed by atoms with van der Waals surface area (Å²) in [5, 5.41) is 2.38. The second-order valence-electron chi connectivity index (χ2n) is 4.28. The van der Waals surface area contributed by atoms with Gasteiger partial charge in [-0.1, -0.05) is 30.3 Å². The van der Waals surface area contributed by atoms with Crippen LogP contribution in [0.4, 0.5) is 5.69 Å². The van der Waals surface area contributed by atoms with Crippen molar-refractivity contribution in [2.75, 3.05) is 12.4 Å². The molecule has 5 heteroatoms. The molecule has 0 saturated carbocycles. The minimum Gasteiger partial charge on any atom is -0.481 e. The molecule has 1 N–H and O–H groups in total. The lowest BCUT2D eigenvalue weighted by Crippen LogP contribution is -2.25. The number of hydrogen-bond acceptors (Lipinski definition) is 4. The lowest BCUT2D eigenvalue weighted by molar-refractivity contribution is -0.115. The Morgan fingerprint density at radius 1 is 1.30 bits per heavy atom. The van der Waals surface area contributed by atoms with Crippen molar-refractivity contribution in [1.82, 2.24) is 4.98 Å². The van der Waals surface area contributed by atoms with Gasteiger partial charge in [-0.15, -0.1) is 0 Å². The third kappa shape index (κ3) is 3.99. The van der Waals surface area contributed by atoms with Crippen LogP contribution >= 0.6 is 12.6 Å². The van der Waals surface area contributed by atoms with Crippen molar-refractivity contribution in [1.29, 1.82) is 0 Å².